The third-order valence-electron chi connectivity index (χ3n) is 14.6. The Balaban J connectivity index is 3.39. The molecule has 1 amide bonds. The van der Waals surface area contributed by atoms with Crippen molar-refractivity contribution in [2.45, 2.75) is 347 Å². The monoisotopic (exact) mass is 1010 g/mol. The molecule has 0 bridgehead atoms. The van der Waals surface area contributed by atoms with E-state index in [0.717, 1.165) is 51.4 Å². The number of carbonyl (C=O) groups is 2. The van der Waals surface area contributed by atoms with E-state index >= 15 is 0 Å². The predicted octanol–water partition coefficient (Wildman–Crippen LogP) is 20.1. The molecule has 0 saturated heterocycles. The van der Waals surface area contributed by atoms with Gasteiger partial charge in [-0.3, -0.25) is 9.59 Å². The standard InChI is InChI=1S/C66H123NO5/c1-3-5-7-9-11-13-38-42-46-50-54-58-64(69)63(62-68)67-65(70)59-55-51-47-43-40-36-34-32-30-28-26-24-22-20-18-16-15-17-19-21-23-25-27-29-31-33-35-37-41-45-49-53-57-61-72-66(71)60-56-52-48-44-39-14-12-10-8-6-4-2/h10,12,19,21,25,27,54,58,63-64,68-69H,3-9,11,13-18,20,22-24,26,28-53,55-57,59-62H2,1-2H3,(H,67,70)/b12-10-,21-19-,27-25-,58-54+. The number of unbranched alkanes of at least 4 members (excludes halogenated alkanes) is 42. The normalized spacial score (nSPS) is 12.9. The number of nitrogens with one attached hydrogen (secondary N) is 1. The summed E-state index contributed by atoms with van der Waals surface area (Å²) >= 11 is 0. The number of allylic oxidation sites excluding steroid dienone is 7. The lowest BCUT2D eigenvalue weighted by Gasteiger charge is -2.20. The van der Waals surface area contributed by atoms with Crippen LogP contribution in [-0.4, -0.2) is 47.4 Å². The molecule has 0 radical (unpaired) electrons. The van der Waals surface area contributed by atoms with E-state index < -0.39 is 12.1 Å². The highest BCUT2D eigenvalue weighted by Crippen LogP contribution is 2.17. The second-order valence-electron chi connectivity index (χ2n) is 21.7. The van der Waals surface area contributed by atoms with Crippen molar-refractivity contribution in [2.24, 2.45) is 0 Å². The number of esters is 1. The number of amides is 1. The number of hydrogen-bond donors (Lipinski definition) is 3. The number of rotatable bonds is 59. The van der Waals surface area contributed by atoms with Crippen LogP contribution in [0.1, 0.15) is 335 Å². The van der Waals surface area contributed by atoms with Crippen LogP contribution in [0.4, 0.5) is 0 Å². The van der Waals surface area contributed by atoms with Crippen molar-refractivity contribution >= 4 is 11.9 Å². The first-order chi connectivity index (χ1) is 35.5. The minimum absolute atomic E-state index is 0.00238. The Bertz CT molecular complexity index is 1210. The predicted molar refractivity (Wildman–Crippen MR) is 315 cm³/mol. The van der Waals surface area contributed by atoms with E-state index in [4.69, 9.17) is 4.74 Å². The molecular weight excluding hydrogens is 887 g/mol. The van der Waals surface area contributed by atoms with Gasteiger partial charge in [0.1, 0.15) is 0 Å². The average molecular weight is 1010 g/mol. The molecule has 6 nitrogen and oxygen atoms in total. The van der Waals surface area contributed by atoms with E-state index in [0.29, 0.717) is 19.4 Å². The van der Waals surface area contributed by atoms with Gasteiger partial charge in [-0.2, -0.15) is 0 Å². The van der Waals surface area contributed by atoms with Crippen LogP contribution in [0.25, 0.3) is 0 Å². The Morgan fingerprint density at radius 3 is 1.11 bits per heavy atom. The van der Waals surface area contributed by atoms with Gasteiger partial charge in [0, 0.05) is 12.8 Å². The van der Waals surface area contributed by atoms with Gasteiger partial charge in [-0.05, 0) is 83.5 Å². The van der Waals surface area contributed by atoms with E-state index in [1.54, 1.807) is 6.08 Å². The summed E-state index contributed by atoms with van der Waals surface area (Å²) < 4.78 is 5.46. The molecule has 3 N–H and O–H groups in total. The summed E-state index contributed by atoms with van der Waals surface area (Å²) in [4.78, 5) is 24.4. The highest BCUT2D eigenvalue weighted by atomic mass is 16.5. The maximum Gasteiger partial charge on any atom is 0.305 e. The third-order valence-corrected chi connectivity index (χ3v) is 14.6. The molecule has 0 aromatic rings. The summed E-state index contributed by atoms with van der Waals surface area (Å²) in [7, 11) is 0. The second-order valence-corrected chi connectivity index (χ2v) is 21.7. The molecule has 0 aliphatic rings. The fraction of sp³-hybridized carbons (Fsp3) is 0.848. The van der Waals surface area contributed by atoms with Gasteiger partial charge in [-0.15, -0.1) is 0 Å². The Morgan fingerprint density at radius 1 is 0.389 bits per heavy atom. The third kappa shape index (κ3) is 57.1. The molecular formula is C66H123NO5. The molecule has 6 heteroatoms. The molecule has 0 spiro atoms. The molecule has 2 atom stereocenters. The van der Waals surface area contributed by atoms with Gasteiger partial charge in [0.25, 0.3) is 0 Å². The van der Waals surface area contributed by atoms with Gasteiger partial charge in [-0.25, -0.2) is 0 Å². The molecule has 72 heavy (non-hydrogen) atoms. The van der Waals surface area contributed by atoms with E-state index in [1.165, 1.54) is 257 Å². The van der Waals surface area contributed by atoms with Crippen molar-refractivity contribution in [2.75, 3.05) is 13.2 Å². The molecule has 0 aliphatic heterocycles. The van der Waals surface area contributed by atoms with Gasteiger partial charge >= 0.3 is 5.97 Å². The molecule has 0 aromatic heterocycles. The summed E-state index contributed by atoms with van der Waals surface area (Å²) in [5, 5.41) is 23.0. The van der Waals surface area contributed by atoms with Crippen LogP contribution in [0.15, 0.2) is 48.6 Å². The molecule has 2 unspecified atom stereocenters. The van der Waals surface area contributed by atoms with Crippen molar-refractivity contribution in [3.8, 4) is 0 Å². The maximum absolute atomic E-state index is 12.4. The van der Waals surface area contributed by atoms with Gasteiger partial charge in [0.15, 0.2) is 0 Å². The lowest BCUT2D eigenvalue weighted by atomic mass is 10.0. The van der Waals surface area contributed by atoms with Crippen LogP contribution in [-0.2, 0) is 14.3 Å². The topological polar surface area (TPSA) is 95.9 Å². The van der Waals surface area contributed by atoms with Crippen LogP contribution >= 0.6 is 0 Å². The summed E-state index contributed by atoms with van der Waals surface area (Å²) in [5.74, 6) is -0.0646. The fourth-order valence-electron chi connectivity index (χ4n) is 9.65. The Kier molecular flexibility index (Phi) is 59.5. The smallest absolute Gasteiger partial charge is 0.305 e. The molecule has 0 aliphatic carbocycles. The van der Waals surface area contributed by atoms with Gasteiger partial charge < -0.3 is 20.3 Å². The van der Waals surface area contributed by atoms with Crippen molar-refractivity contribution in [3.05, 3.63) is 48.6 Å². The van der Waals surface area contributed by atoms with E-state index in [2.05, 4.69) is 55.6 Å². The Morgan fingerprint density at radius 2 is 0.708 bits per heavy atom. The van der Waals surface area contributed by atoms with E-state index in [1.807, 2.05) is 6.08 Å². The molecule has 0 fully saturated rings. The zero-order valence-corrected chi connectivity index (χ0v) is 48.2. The SMILES string of the molecule is CCCC/C=C\CCCCCCCC(=O)OCCCCCCCCCCC/C=C\C/C=C\CCCCCCCCCCCCCCCCCCCC(=O)NC(CO)C(O)/C=C/CCCCCCCCCCC. The first kappa shape index (κ1) is 69.8. The first-order valence-corrected chi connectivity index (χ1v) is 31.9. The maximum atomic E-state index is 12.4. The van der Waals surface area contributed by atoms with Crippen molar-refractivity contribution in [3.63, 3.8) is 0 Å². The lowest BCUT2D eigenvalue weighted by molar-refractivity contribution is -0.143. The lowest BCUT2D eigenvalue weighted by Crippen LogP contribution is -2.45. The largest absolute Gasteiger partial charge is 0.466 e. The molecule has 0 heterocycles. The second kappa shape index (κ2) is 61.4. The van der Waals surface area contributed by atoms with Gasteiger partial charge in [-0.1, -0.05) is 287 Å². The van der Waals surface area contributed by atoms with Crippen molar-refractivity contribution in [1.29, 1.82) is 0 Å². The Labute approximate surface area is 448 Å². The molecule has 0 saturated carbocycles. The van der Waals surface area contributed by atoms with Crippen LogP contribution in [0.3, 0.4) is 0 Å². The van der Waals surface area contributed by atoms with Crippen molar-refractivity contribution in [1.82, 2.24) is 5.32 Å². The first-order valence-electron chi connectivity index (χ1n) is 31.9. The summed E-state index contributed by atoms with van der Waals surface area (Å²) in [6.07, 6.45) is 78.9. The van der Waals surface area contributed by atoms with Crippen LogP contribution in [0, 0.1) is 0 Å². The van der Waals surface area contributed by atoms with E-state index in [9.17, 15) is 19.8 Å². The summed E-state index contributed by atoms with van der Waals surface area (Å²) in [6.45, 7) is 4.86. The van der Waals surface area contributed by atoms with Gasteiger partial charge in [0.05, 0.1) is 25.4 Å². The number of carbonyl (C=O) groups excluding carboxylic acids is 2. The molecule has 422 valence electrons. The number of aliphatic hydroxyl groups excluding tert-OH is 2. The minimum atomic E-state index is -0.842. The number of aliphatic hydroxyl groups is 2. The highest BCUT2D eigenvalue weighted by Gasteiger charge is 2.18. The van der Waals surface area contributed by atoms with Crippen LogP contribution < -0.4 is 5.32 Å². The number of ether oxygens (including phenoxy) is 1. The Hall–Kier alpha value is -2.18. The quantitative estimate of drug-likeness (QED) is 0.0320. The van der Waals surface area contributed by atoms with Crippen LogP contribution in [0.5, 0.6) is 0 Å². The molecule has 0 aromatic carbocycles. The summed E-state index contributed by atoms with van der Waals surface area (Å²) in [5.41, 5.74) is 0. The highest BCUT2D eigenvalue weighted by molar-refractivity contribution is 5.76. The number of hydrogen-bond acceptors (Lipinski definition) is 5. The molecule has 0 rings (SSSR count). The van der Waals surface area contributed by atoms with Crippen LogP contribution in [0.2, 0.25) is 0 Å². The van der Waals surface area contributed by atoms with E-state index in [-0.39, 0.29) is 18.5 Å². The zero-order valence-electron chi connectivity index (χ0n) is 48.2. The van der Waals surface area contributed by atoms with Gasteiger partial charge in [0.2, 0.25) is 5.91 Å². The fourth-order valence-corrected chi connectivity index (χ4v) is 9.65. The summed E-state index contributed by atoms with van der Waals surface area (Å²) in [6, 6.07) is -0.625. The minimum Gasteiger partial charge on any atom is -0.466 e. The average Bonchev–Trinajstić information content (AvgIpc) is 3.38. The zero-order chi connectivity index (χ0) is 52.2. The van der Waals surface area contributed by atoms with Crippen molar-refractivity contribution < 1.29 is 24.5 Å².